The van der Waals surface area contributed by atoms with E-state index in [4.69, 9.17) is 0 Å². The Morgan fingerprint density at radius 2 is 1.93 bits per heavy atom. The molecule has 142 valence electrons. The molecule has 0 spiro atoms. The molecule has 4 rings (SSSR count). The van der Waals surface area contributed by atoms with Crippen LogP contribution in [0.5, 0.6) is 0 Å². The highest BCUT2D eigenvalue weighted by Gasteiger charge is 2.32. The van der Waals surface area contributed by atoms with Crippen molar-refractivity contribution in [2.75, 3.05) is 11.4 Å². The lowest BCUT2D eigenvalue weighted by atomic mass is 10.2. The molecule has 2 heterocycles. The minimum Gasteiger partial charge on any atom is -0.351 e. The molecule has 28 heavy (non-hydrogen) atoms. The average molecular weight is 395 g/mol. The van der Waals surface area contributed by atoms with E-state index >= 15 is 0 Å². The standard InChI is InChI=1S/C21H18FN3O2S/c22-17-8-4-5-9-18(17)25-12-15(11-20(25)27)23-19(26)10-16-13-28-21(24-16)14-6-2-1-3-7-14/h1-9,13,15H,10-12H2,(H,23,26). The molecule has 1 fully saturated rings. The Balaban J connectivity index is 1.37. The van der Waals surface area contributed by atoms with E-state index in [0.29, 0.717) is 5.69 Å². The largest absolute Gasteiger partial charge is 0.351 e. The summed E-state index contributed by atoms with van der Waals surface area (Å²) in [5.74, 6) is -0.841. The molecule has 2 amide bonds. The van der Waals surface area contributed by atoms with E-state index in [9.17, 15) is 14.0 Å². The zero-order valence-corrected chi connectivity index (χ0v) is 15.8. The molecule has 0 saturated carbocycles. The van der Waals surface area contributed by atoms with Crippen LogP contribution in [0.1, 0.15) is 12.1 Å². The first-order valence-electron chi connectivity index (χ1n) is 8.94. The van der Waals surface area contributed by atoms with Crippen LogP contribution in [0, 0.1) is 5.82 Å². The van der Waals surface area contributed by atoms with E-state index in [1.54, 1.807) is 18.2 Å². The molecule has 7 heteroatoms. The Morgan fingerprint density at radius 1 is 1.18 bits per heavy atom. The lowest BCUT2D eigenvalue weighted by molar-refractivity contribution is -0.121. The molecule has 2 aromatic carbocycles. The number of para-hydroxylation sites is 1. The zero-order valence-electron chi connectivity index (χ0n) is 15.0. The first-order chi connectivity index (χ1) is 13.6. The molecular weight excluding hydrogens is 377 g/mol. The van der Waals surface area contributed by atoms with Crippen molar-refractivity contribution in [3.63, 3.8) is 0 Å². The van der Waals surface area contributed by atoms with Crippen LogP contribution in [-0.4, -0.2) is 29.4 Å². The minimum atomic E-state index is -0.446. The number of rotatable bonds is 5. The molecule has 1 saturated heterocycles. The molecule has 1 unspecified atom stereocenters. The van der Waals surface area contributed by atoms with Crippen molar-refractivity contribution < 1.29 is 14.0 Å². The first kappa shape index (κ1) is 18.3. The van der Waals surface area contributed by atoms with Gasteiger partial charge in [0.15, 0.2) is 0 Å². The van der Waals surface area contributed by atoms with Crippen molar-refractivity contribution >= 4 is 28.8 Å². The van der Waals surface area contributed by atoms with Gasteiger partial charge in [0.25, 0.3) is 0 Å². The number of nitrogens with zero attached hydrogens (tertiary/aromatic N) is 2. The third-order valence-electron chi connectivity index (χ3n) is 4.55. The second kappa shape index (κ2) is 7.90. The monoisotopic (exact) mass is 395 g/mol. The van der Waals surface area contributed by atoms with Gasteiger partial charge in [0.2, 0.25) is 11.8 Å². The van der Waals surface area contributed by atoms with Crippen LogP contribution in [0.3, 0.4) is 0 Å². The Kier molecular flexibility index (Phi) is 5.16. The molecule has 1 N–H and O–H groups in total. The van der Waals surface area contributed by atoms with Crippen molar-refractivity contribution in [2.24, 2.45) is 0 Å². The maximum absolute atomic E-state index is 13.9. The number of carbonyl (C=O) groups excluding carboxylic acids is 2. The minimum absolute atomic E-state index is 0.147. The summed E-state index contributed by atoms with van der Waals surface area (Å²) in [6.45, 7) is 0.262. The van der Waals surface area contributed by atoms with Crippen LogP contribution in [0.4, 0.5) is 10.1 Å². The van der Waals surface area contributed by atoms with Crippen LogP contribution in [0.15, 0.2) is 60.0 Å². The van der Waals surface area contributed by atoms with E-state index in [1.807, 2.05) is 35.7 Å². The fraction of sp³-hybridized carbons (Fsp3) is 0.190. The molecule has 3 aromatic rings. The molecule has 5 nitrogen and oxygen atoms in total. The molecule has 0 aliphatic carbocycles. The smallest absolute Gasteiger partial charge is 0.229 e. The molecule has 1 atom stereocenters. The predicted molar refractivity (Wildman–Crippen MR) is 107 cm³/mol. The highest BCUT2D eigenvalue weighted by molar-refractivity contribution is 7.13. The molecule has 0 bridgehead atoms. The van der Waals surface area contributed by atoms with Gasteiger partial charge in [-0.1, -0.05) is 42.5 Å². The van der Waals surface area contributed by atoms with Crippen LogP contribution >= 0.6 is 11.3 Å². The molecule has 1 aliphatic rings. The van der Waals surface area contributed by atoms with Gasteiger partial charge in [0, 0.05) is 23.9 Å². The van der Waals surface area contributed by atoms with Crippen molar-refractivity contribution in [1.82, 2.24) is 10.3 Å². The number of amides is 2. The van der Waals surface area contributed by atoms with E-state index in [-0.39, 0.29) is 42.9 Å². The van der Waals surface area contributed by atoms with Crippen LogP contribution in [0.25, 0.3) is 10.6 Å². The van der Waals surface area contributed by atoms with Crippen LogP contribution in [-0.2, 0) is 16.0 Å². The fourth-order valence-corrected chi connectivity index (χ4v) is 4.08. The number of aromatic nitrogens is 1. The van der Waals surface area contributed by atoms with E-state index in [0.717, 1.165) is 10.6 Å². The summed E-state index contributed by atoms with van der Waals surface area (Å²) in [5, 5.41) is 5.60. The Labute approximate surface area is 165 Å². The first-order valence-corrected chi connectivity index (χ1v) is 9.82. The van der Waals surface area contributed by atoms with Gasteiger partial charge in [-0.2, -0.15) is 0 Å². The van der Waals surface area contributed by atoms with Crippen LogP contribution in [0.2, 0.25) is 0 Å². The summed E-state index contributed by atoms with van der Waals surface area (Å²) in [7, 11) is 0. The molecule has 0 radical (unpaired) electrons. The SMILES string of the molecule is O=C(Cc1csc(-c2ccccc2)n1)NC1CC(=O)N(c2ccccc2F)C1. The maximum Gasteiger partial charge on any atom is 0.229 e. The lowest BCUT2D eigenvalue weighted by Gasteiger charge is -2.17. The topological polar surface area (TPSA) is 62.3 Å². The number of halogens is 1. The van der Waals surface area contributed by atoms with Gasteiger partial charge < -0.3 is 10.2 Å². The highest BCUT2D eigenvalue weighted by Crippen LogP contribution is 2.25. The summed E-state index contributed by atoms with van der Waals surface area (Å²) in [5.41, 5.74) is 1.95. The van der Waals surface area contributed by atoms with Gasteiger partial charge in [0.05, 0.1) is 23.8 Å². The van der Waals surface area contributed by atoms with E-state index in [2.05, 4.69) is 10.3 Å². The van der Waals surface area contributed by atoms with Crippen LogP contribution < -0.4 is 10.2 Å². The summed E-state index contributed by atoms with van der Waals surface area (Å²) in [6.07, 6.45) is 0.306. The second-order valence-electron chi connectivity index (χ2n) is 6.61. The summed E-state index contributed by atoms with van der Waals surface area (Å²) < 4.78 is 13.9. The Bertz CT molecular complexity index is 1010. The van der Waals surface area contributed by atoms with Gasteiger partial charge in [-0.25, -0.2) is 9.37 Å². The van der Waals surface area contributed by atoms with Crippen molar-refractivity contribution in [2.45, 2.75) is 18.9 Å². The fourth-order valence-electron chi connectivity index (χ4n) is 3.25. The third-order valence-corrected chi connectivity index (χ3v) is 5.49. The lowest BCUT2D eigenvalue weighted by Crippen LogP contribution is -2.38. The quantitative estimate of drug-likeness (QED) is 0.720. The number of nitrogens with one attached hydrogen (secondary N) is 1. The number of thiazole rings is 1. The summed E-state index contributed by atoms with van der Waals surface area (Å²) in [4.78, 5) is 30.5. The van der Waals surface area contributed by atoms with Gasteiger partial charge >= 0.3 is 0 Å². The van der Waals surface area contributed by atoms with Gasteiger partial charge in [-0.15, -0.1) is 11.3 Å². The maximum atomic E-state index is 13.9. The molecular formula is C21H18FN3O2S. The normalized spacial score (nSPS) is 16.4. The number of anilines is 1. The third kappa shape index (κ3) is 3.94. The van der Waals surface area contributed by atoms with Gasteiger partial charge in [-0.3, -0.25) is 9.59 Å². The number of carbonyl (C=O) groups is 2. The van der Waals surface area contributed by atoms with Crippen molar-refractivity contribution in [3.05, 3.63) is 71.5 Å². The average Bonchev–Trinajstić information content (AvgIpc) is 3.29. The highest BCUT2D eigenvalue weighted by atomic mass is 32.1. The van der Waals surface area contributed by atoms with Gasteiger partial charge in [0.1, 0.15) is 10.8 Å². The Morgan fingerprint density at radius 3 is 2.71 bits per heavy atom. The van der Waals surface area contributed by atoms with Gasteiger partial charge in [-0.05, 0) is 12.1 Å². The van der Waals surface area contributed by atoms with E-state index in [1.165, 1.54) is 22.3 Å². The Hall–Kier alpha value is -3.06. The van der Waals surface area contributed by atoms with Crippen molar-refractivity contribution in [3.8, 4) is 10.6 Å². The molecule has 1 aliphatic heterocycles. The van der Waals surface area contributed by atoms with E-state index < -0.39 is 5.82 Å². The van der Waals surface area contributed by atoms with Crippen molar-refractivity contribution in [1.29, 1.82) is 0 Å². The number of hydrogen-bond acceptors (Lipinski definition) is 4. The number of hydrogen-bond donors (Lipinski definition) is 1. The summed E-state index contributed by atoms with van der Waals surface area (Å²) >= 11 is 1.49. The summed E-state index contributed by atoms with van der Waals surface area (Å²) in [6, 6.07) is 15.6. The molecule has 1 aromatic heterocycles. The zero-order chi connectivity index (χ0) is 19.5. The number of benzene rings is 2. The second-order valence-corrected chi connectivity index (χ2v) is 7.47. The predicted octanol–water partition coefficient (Wildman–Crippen LogP) is 3.41.